The highest BCUT2D eigenvalue weighted by Gasteiger charge is 2.43. The first-order valence-corrected chi connectivity index (χ1v) is 9.03. The van der Waals surface area contributed by atoms with Crippen molar-refractivity contribution in [2.75, 3.05) is 6.54 Å². The van der Waals surface area contributed by atoms with Crippen LogP contribution in [0.25, 0.3) is 0 Å². The molecule has 0 aromatic heterocycles. The fourth-order valence-electron chi connectivity index (χ4n) is 4.18. The molecular weight excluding hydrogens is 324 g/mol. The van der Waals surface area contributed by atoms with Gasteiger partial charge in [0.15, 0.2) is 0 Å². The van der Waals surface area contributed by atoms with E-state index in [2.05, 4.69) is 29.2 Å². The zero-order valence-electron chi connectivity index (χ0n) is 14.0. The Labute approximate surface area is 150 Å². The van der Waals surface area contributed by atoms with Gasteiger partial charge in [-0.1, -0.05) is 24.3 Å². The van der Waals surface area contributed by atoms with Crippen LogP contribution in [0.1, 0.15) is 55.7 Å². The van der Waals surface area contributed by atoms with Crippen LogP contribution in [0.15, 0.2) is 24.3 Å². The van der Waals surface area contributed by atoms with E-state index >= 15 is 0 Å². The van der Waals surface area contributed by atoms with Crippen LogP contribution in [0.2, 0.25) is 0 Å². The van der Waals surface area contributed by atoms with Crippen molar-refractivity contribution in [3.8, 4) is 0 Å². The van der Waals surface area contributed by atoms with Gasteiger partial charge in [0.1, 0.15) is 6.10 Å². The maximum absolute atomic E-state index is 13.2. The van der Waals surface area contributed by atoms with Crippen molar-refractivity contribution in [2.45, 2.75) is 69.2 Å². The van der Waals surface area contributed by atoms with Gasteiger partial charge in [-0.2, -0.15) is 0 Å². The first kappa shape index (κ1) is 17.7. The molecule has 1 aromatic rings. The molecule has 0 radical (unpaired) electrons. The van der Waals surface area contributed by atoms with E-state index in [1.807, 2.05) is 0 Å². The topological polar surface area (TPSA) is 55.6 Å². The summed E-state index contributed by atoms with van der Waals surface area (Å²) in [5.41, 5.74) is 8.47. The first-order valence-electron chi connectivity index (χ1n) is 9.03. The number of hydrogen-bond donors (Lipinski definition) is 1. The van der Waals surface area contributed by atoms with E-state index < -0.39 is 0 Å². The predicted molar refractivity (Wildman–Crippen MR) is 96.2 cm³/mol. The molecule has 1 amide bonds. The fourth-order valence-corrected chi connectivity index (χ4v) is 4.18. The maximum Gasteiger partial charge on any atom is 0.252 e. The lowest BCUT2D eigenvalue weighted by atomic mass is 9.86. The molecule has 0 spiro atoms. The van der Waals surface area contributed by atoms with Crippen LogP contribution in [0.4, 0.5) is 0 Å². The summed E-state index contributed by atoms with van der Waals surface area (Å²) in [7, 11) is 0. The van der Waals surface area contributed by atoms with E-state index in [0.29, 0.717) is 12.6 Å². The van der Waals surface area contributed by atoms with Crippen molar-refractivity contribution in [1.29, 1.82) is 0 Å². The van der Waals surface area contributed by atoms with Gasteiger partial charge in [-0.05, 0) is 56.1 Å². The van der Waals surface area contributed by atoms with Gasteiger partial charge >= 0.3 is 0 Å². The van der Waals surface area contributed by atoms with Crippen molar-refractivity contribution in [3.63, 3.8) is 0 Å². The molecule has 3 aliphatic rings. The number of halogens is 1. The largest absolute Gasteiger partial charge is 0.364 e. The molecule has 4 nitrogen and oxygen atoms in total. The van der Waals surface area contributed by atoms with E-state index in [1.54, 1.807) is 0 Å². The Bertz CT molecular complexity index is 590. The molecule has 1 aliphatic heterocycles. The second-order valence-corrected chi connectivity index (χ2v) is 7.14. The van der Waals surface area contributed by atoms with Crippen molar-refractivity contribution in [2.24, 2.45) is 5.73 Å². The standard InChI is InChI=1S/C19H26N2O2.ClH/c20-12-15-10-11-18(23-15)19(22)21(14-8-9-14)17-7-3-5-13-4-1-2-6-16(13)17;/h1-2,4,6,14-15,17-18H,3,5,7-12,20H2;1H/t15-,17?,18+;/m1./s1. The Kier molecular flexibility index (Phi) is 5.48. The number of nitrogens with zero attached hydrogens (tertiary/aromatic N) is 1. The predicted octanol–water partition coefficient (Wildman–Crippen LogP) is 2.98. The summed E-state index contributed by atoms with van der Waals surface area (Å²) in [5, 5.41) is 0. The second-order valence-electron chi connectivity index (χ2n) is 7.14. The molecule has 24 heavy (non-hydrogen) atoms. The quantitative estimate of drug-likeness (QED) is 0.908. The Morgan fingerprint density at radius 2 is 1.96 bits per heavy atom. The summed E-state index contributed by atoms with van der Waals surface area (Å²) >= 11 is 0. The van der Waals surface area contributed by atoms with Crippen LogP contribution < -0.4 is 5.73 Å². The van der Waals surface area contributed by atoms with E-state index in [9.17, 15) is 4.79 Å². The van der Waals surface area contributed by atoms with Crippen molar-refractivity contribution in [3.05, 3.63) is 35.4 Å². The highest BCUT2D eigenvalue weighted by Crippen LogP contribution is 2.42. The Balaban J connectivity index is 0.00000169. The molecule has 4 rings (SSSR count). The van der Waals surface area contributed by atoms with Crippen LogP contribution in [0, 0.1) is 0 Å². The molecule has 2 aliphatic carbocycles. The molecule has 132 valence electrons. The van der Waals surface area contributed by atoms with Gasteiger partial charge in [-0.3, -0.25) is 4.79 Å². The smallest absolute Gasteiger partial charge is 0.252 e. The van der Waals surface area contributed by atoms with Crippen molar-refractivity contribution >= 4 is 18.3 Å². The molecule has 1 heterocycles. The number of benzene rings is 1. The number of carbonyl (C=O) groups is 1. The minimum absolute atomic E-state index is 0. The van der Waals surface area contributed by atoms with E-state index in [-0.39, 0.29) is 36.6 Å². The van der Waals surface area contributed by atoms with Gasteiger partial charge < -0.3 is 15.4 Å². The zero-order valence-corrected chi connectivity index (χ0v) is 14.8. The Hall–Kier alpha value is -1.10. The third-order valence-corrected chi connectivity index (χ3v) is 5.51. The van der Waals surface area contributed by atoms with Gasteiger partial charge in [0.2, 0.25) is 0 Å². The van der Waals surface area contributed by atoms with Crippen molar-refractivity contribution in [1.82, 2.24) is 4.90 Å². The second kappa shape index (κ2) is 7.42. The summed E-state index contributed by atoms with van der Waals surface area (Å²) in [6, 6.07) is 9.28. The lowest BCUT2D eigenvalue weighted by Crippen LogP contribution is -2.44. The monoisotopic (exact) mass is 350 g/mol. The van der Waals surface area contributed by atoms with Crippen LogP contribution in [0.3, 0.4) is 0 Å². The van der Waals surface area contributed by atoms with Gasteiger partial charge in [0, 0.05) is 12.6 Å². The molecule has 1 aromatic carbocycles. The lowest BCUT2D eigenvalue weighted by Gasteiger charge is -2.37. The molecular formula is C19H27ClN2O2. The number of carbonyl (C=O) groups excluding carboxylic acids is 1. The third kappa shape index (κ3) is 3.32. The minimum Gasteiger partial charge on any atom is -0.364 e. The lowest BCUT2D eigenvalue weighted by molar-refractivity contribution is -0.146. The van der Waals surface area contributed by atoms with Crippen LogP contribution in [-0.2, 0) is 16.0 Å². The van der Waals surface area contributed by atoms with Gasteiger partial charge in [0.25, 0.3) is 5.91 Å². The van der Waals surface area contributed by atoms with E-state index in [4.69, 9.17) is 10.5 Å². The SMILES string of the molecule is Cl.NC[C@H]1CC[C@@H](C(=O)N(C2CC2)C2CCCc3ccccc32)O1. The van der Waals surface area contributed by atoms with E-state index in [1.165, 1.54) is 11.1 Å². The summed E-state index contributed by atoms with van der Waals surface area (Å²) in [5.74, 6) is 0.199. The molecule has 5 heteroatoms. The van der Waals surface area contributed by atoms with Crippen LogP contribution >= 0.6 is 12.4 Å². The highest BCUT2D eigenvalue weighted by atomic mass is 35.5. The third-order valence-electron chi connectivity index (χ3n) is 5.51. The zero-order chi connectivity index (χ0) is 15.8. The van der Waals surface area contributed by atoms with Crippen molar-refractivity contribution < 1.29 is 9.53 Å². The van der Waals surface area contributed by atoms with E-state index in [0.717, 1.165) is 44.9 Å². The van der Waals surface area contributed by atoms with Gasteiger partial charge in [0.05, 0.1) is 12.1 Å². The number of rotatable bonds is 4. The highest BCUT2D eigenvalue weighted by molar-refractivity contribution is 5.85. The summed E-state index contributed by atoms with van der Waals surface area (Å²) < 4.78 is 5.89. The Morgan fingerprint density at radius 1 is 1.17 bits per heavy atom. The average Bonchev–Trinajstić information content (AvgIpc) is 3.30. The summed E-state index contributed by atoms with van der Waals surface area (Å²) in [6.07, 6.45) is 7.15. The number of aryl methyl sites for hydroxylation is 1. The summed E-state index contributed by atoms with van der Waals surface area (Å²) in [4.78, 5) is 15.3. The summed E-state index contributed by atoms with van der Waals surface area (Å²) in [6.45, 7) is 0.513. The average molecular weight is 351 g/mol. The maximum atomic E-state index is 13.2. The number of amides is 1. The molecule has 2 fully saturated rings. The molecule has 1 unspecified atom stereocenters. The number of hydrogen-bond acceptors (Lipinski definition) is 3. The van der Waals surface area contributed by atoms with Gasteiger partial charge in [-0.15, -0.1) is 12.4 Å². The number of nitrogens with two attached hydrogens (primary N) is 1. The van der Waals surface area contributed by atoms with Gasteiger partial charge in [-0.25, -0.2) is 0 Å². The van der Waals surface area contributed by atoms with Crippen LogP contribution in [0.5, 0.6) is 0 Å². The molecule has 2 N–H and O–H groups in total. The number of ether oxygens (including phenoxy) is 1. The number of fused-ring (bicyclic) bond motifs is 1. The first-order chi connectivity index (χ1) is 11.3. The molecule has 1 saturated heterocycles. The molecule has 0 bridgehead atoms. The molecule has 3 atom stereocenters. The molecule has 1 saturated carbocycles. The minimum atomic E-state index is -0.279. The Morgan fingerprint density at radius 3 is 2.67 bits per heavy atom. The normalized spacial score (nSPS) is 28.8. The van der Waals surface area contributed by atoms with Crippen LogP contribution in [-0.4, -0.2) is 35.6 Å². The fraction of sp³-hybridized carbons (Fsp3) is 0.632.